The largest absolute Gasteiger partial charge is 0.457 e. The van der Waals surface area contributed by atoms with Crippen LogP contribution in [0.3, 0.4) is 0 Å². The quantitative estimate of drug-likeness (QED) is 0.162. The van der Waals surface area contributed by atoms with Crippen LogP contribution in [0.2, 0.25) is 0 Å². The SMILES string of the molecule is CC(C)(C)c1cc(N2C=CN(c3cccc(Oc4cc(C(C)(C)C)c5c6ccccc6n(-c6cc(C(C)(C)C)ccn6)c5c4)c3)C2)cc(C(C)(C)c2ccccc2)c1. The first-order chi connectivity index (χ1) is 27.4. The van der Waals surface area contributed by atoms with Crippen LogP contribution >= 0.6 is 0 Å². The average Bonchev–Trinajstić information content (AvgIpc) is 3.81. The summed E-state index contributed by atoms with van der Waals surface area (Å²) in [6.07, 6.45) is 6.30. The molecule has 0 fully saturated rings. The van der Waals surface area contributed by atoms with E-state index in [9.17, 15) is 0 Å². The third-order valence-electron chi connectivity index (χ3n) is 11.8. The van der Waals surface area contributed by atoms with E-state index >= 15 is 0 Å². The van der Waals surface area contributed by atoms with Crippen molar-refractivity contribution in [3.05, 3.63) is 168 Å². The Hall–Kier alpha value is -5.81. The molecule has 0 N–H and O–H groups in total. The molecular formula is C53H58N4O. The van der Waals surface area contributed by atoms with Crippen LogP contribution in [-0.2, 0) is 21.7 Å². The Morgan fingerprint density at radius 3 is 1.88 bits per heavy atom. The highest BCUT2D eigenvalue weighted by atomic mass is 16.5. The molecule has 0 radical (unpaired) electrons. The van der Waals surface area contributed by atoms with Gasteiger partial charge in [-0.05, 0) is 92.6 Å². The van der Waals surface area contributed by atoms with E-state index in [2.05, 4.69) is 224 Å². The van der Waals surface area contributed by atoms with Gasteiger partial charge in [-0.25, -0.2) is 4.98 Å². The summed E-state index contributed by atoms with van der Waals surface area (Å²) in [5.41, 5.74) is 10.6. The van der Waals surface area contributed by atoms with Crippen LogP contribution in [0.5, 0.6) is 11.5 Å². The number of hydrogen-bond acceptors (Lipinski definition) is 4. The lowest BCUT2D eigenvalue weighted by Gasteiger charge is -2.31. The summed E-state index contributed by atoms with van der Waals surface area (Å²) in [4.78, 5) is 9.57. The minimum atomic E-state index is -0.150. The second-order valence-electron chi connectivity index (χ2n) is 19.6. The van der Waals surface area contributed by atoms with Gasteiger partial charge < -0.3 is 14.5 Å². The average molecular weight is 767 g/mol. The van der Waals surface area contributed by atoms with Gasteiger partial charge in [-0.1, -0.05) is 137 Å². The summed E-state index contributed by atoms with van der Waals surface area (Å²) < 4.78 is 9.16. The van der Waals surface area contributed by atoms with Crippen molar-refractivity contribution in [3.63, 3.8) is 0 Å². The zero-order chi connectivity index (χ0) is 41.2. The molecule has 0 bridgehead atoms. The molecule has 0 saturated carbocycles. The Labute approximate surface area is 345 Å². The van der Waals surface area contributed by atoms with E-state index in [-0.39, 0.29) is 21.7 Å². The maximum absolute atomic E-state index is 6.85. The first-order valence-corrected chi connectivity index (χ1v) is 20.6. The highest BCUT2D eigenvalue weighted by Crippen LogP contribution is 2.43. The minimum absolute atomic E-state index is 0.00350. The highest BCUT2D eigenvalue weighted by molar-refractivity contribution is 6.11. The first kappa shape index (κ1) is 39.0. The van der Waals surface area contributed by atoms with Crippen molar-refractivity contribution in [1.82, 2.24) is 9.55 Å². The summed E-state index contributed by atoms with van der Waals surface area (Å²) in [5.74, 6) is 2.50. The lowest BCUT2D eigenvalue weighted by molar-refractivity contribution is 0.480. The van der Waals surface area contributed by atoms with Crippen LogP contribution in [0.1, 0.15) is 104 Å². The lowest BCUT2D eigenvalue weighted by atomic mass is 9.75. The lowest BCUT2D eigenvalue weighted by Crippen LogP contribution is -2.26. The van der Waals surface area contributed by atoms with Gasteiger partial charge in [0.05, 0.1) is 17.7 Å². The van der Waals surface area contributed by atoms with E-state index < -0.39 is 0 Å². The zero-order valence-electron chi connectivity index (χ0n) is 36.2. The van der Waals surface area contributed by atoms with Gasteiger partial charge in [0, 0.05) is 58.3 Å². The highest BCUT2D eigenvalue weighted by Gasteiger charge is 2.29. The number of fused-ring (bicyclic) bond motifs is 3. The van der Waals surface area contributed by atoms with Gasteiger partial charge in [-0.2, -0.15) is 0 Å². The van der Waals surface area contributed by atoms with Crippen LogP contribution in [0, 0.1) is 0 Å². The van der Waals surface area contributed by atoms with Gasteiger partial charge in [0.1, 0.15) is 17.3 Å². The van der Waals surface area contributed by atoms with E-state index in [1.807, 2.05) is 6.20 Å². The second-order valence-corrected chi connectivity index (χ2v) is 19.6. The van der Waals surface area contributed by atoms with E-state index in [0.29, 0.717) is 6.67 Å². The zero-order valence-corrected chi connectivity index (χ0v) is 36.2. The molecule has 5 nitrogen and oxygen atoms in total. The fraction of sp³-hybridized carbons (Fsp3) is 0.302. The van der Waals surface area contributed by atoms with Crippen molar-refractivity contribution < 1.29 is 4.74 Å². The Kier molecular flexibility index (Phi) is 9.58. The van der Waals surface area contributed by atoms with Crippen LogP contribution in [-0.4, -0.2) is 16.2 Å². The molecule has 0 atom stereocenters. The standard InChI is InChI=1S/C53H58N4O/c1-50(2,3)37-24-25-54-48(31-37)57-46-23-16-15-22-44(46)49-45(52(7,8)9)33-43(34-47(49)57)58-42-21-17-20-40(32-42)55-26-27-56(35-55)41-29-38(51(4,5)6)28-39(30-41)53(10,11)36-18-13-12-14-19-36/h12-34H,35H2,1-11H3. The van der Waals surface area contributed by atoms with Crippen molar-refractivity contribution in [1.29, 1.82) is 0 Å². The van der Waals surface area contributed by atoms with Gasteiger partial charge >= 0.3 is 0 Å². The number of hydrogen-bond donors (Lipinski definition) is 0. The smallest absolute Gasteiger partial charge is 0.137 e. The molecule has 0 aliphatic carbocycles. The topological polar surface area (TPSA) is 33.5 Å². The van der Waals surface area contributed by atoms with Crippen LogP contribution < -0.4 is 14.5 Å². The van der Waals surface area contributed by atoms with E-state index in [1.165, 1.54) is 44.3 Å². The van der Waals surface area contributed by atoms with E-state index in [4.69, 9.17) is 9.72 Å². The van der Waals surface area contributed by atoms with Crippen molar-refractivity contribution in [2.75, 3.05) is 16.5 Å². The monoisotopic (exact) mass is 766 g/mol. The van der Waals surface area contributed by atoms with Crippen LogP contribution in [0.15, 0.2) is 140 Å². The van der Waals surface area contributed by atoms with E-state index in [1.54, 1.807) is 0 Å². The number of nitrogens with zero attached hydrogens (tertiary/aromatic N) is 4. The van der Waals surface area contributed by atoms with E-state index in [0.717, 1.165) is 34.0 Å². The third-order valence-corrected chi connectivity index (χ3v) is 11.8. The van der Waals surface area contributed by atoms with Gasteiger partial charge in [0.15, 0.2) is 0 Å². The molecule has 1 aliphatic rings. The number of aromatic nitrogens is 2. The predicted molar refractivity (Wildman–Crippen MR) is 245 cm³/mol. The van der Waals surface area contributed by atoms with Gasteiger partial charge in [0.2, 0.25) is 0 Å². The Bertz CT molecular complexity index is 2660. The fourth-order valence-electron chi connectivity index (χ4n) is 8.18. The fourth-order valence-corrected chi connectivity index (χ4v) is 8.18. The van der Waals surface area contributed by atoms with Crippen molar-refractivity contribution in [2.24, 2.45) is 0 Å². The normalized spacial score (nSPS) is 13.9. The Morgan fingerprint density at radius 1 is 0.500 bits per heavy atom. The van der Waals surface area contributed by atoms with Crippen molar-refractivity contribution >= 4 is 33.2 Å². The minimum Gasteiger partial charge on any atom is -0.457 e. The molecule has 7 aromatic rings. The van der Waals surface area contributed by atoms with Crippen molar-refractivity contribution in [3.8, 4) is 17.3 Å². The molecular weight excluding hydrogens is 709 g/mol. The number of para-hydroxylation sites is 1. The van der Waals surface area contributed by atoms with Crippen molar-refractivity contribution in [2.45, 2.75) is 97.8 Å². The Morgan fingerprint density at radius 2 is 1.17 bits per heavy atom. The molecule has 0 saturated heterocycles. The summed E-state index contributed by atoms with van der Waals surface area (Å²) >= 11 is 0. The molecule has 5 aromatic carbocycles. The molecule has 8 rings (SSSR count). The second kappa shape index (κ2) is 14.2. The molecule has 0 unspecified atom stereocenters. The molecule has 296 valence electrons. The molecule has 58 heavy (non-hydrogen) atoms. The molecule has 0 amide bonds. The predicted octanol–water partition coefficient (Wildman–Crippen LogP) is 13.9. The number of benzene rings is 5. The van der Waals surface area contributed by atoms with Crippen LogP contribution in [0.4, 0.5) is 11.4 Å². The maximum Gasteiger partial charge on any atom is 0.137 e. The third kappa shape index (κ3) is 7.39. The van der Waals surface area contributed by atoms with Gasteiger partial charge in [-0.3, -0.25) is 4.57 Å². The first-order valence-electron chi connectivity index (χ1n) is 20.6. The Balaban J connectivity index is 1.14. The molecule has 0 spiro atoms. The summed E-state index contributed by atoms with van der Waals surface area (Å²) in [6.45, 7) is 25.8. The van der Waals surface area contributed by atoms with Gasteiger partial charge in [0.25, 0.3) is 0 Å². The molecule has 1 aliphatic heterocycles. The molecule has 5 heteroatoms. The van der Waals surface area contributed by atoms with Crippen LogP contribution in [0.25, 0.3) is 27.6 Å². The number of pyridine rings is 1. The molecule has 3 heterocycles. The number of ether oxygens (including phenoxy) is 1. The summed E-state index contributed by atoms with van der Waals surface area (Å²) in [6, 6.07) is 43.9. The summed E-state index contributed by atoms with van der Waals surface area (Å²) in [7, 11) is 0. The maximum atomic E-state index is 6.85. The number of rotatable bonds is 7. The summed E-state index contributed by atoms with van der Waals surface area (Å²) in [5, 5.41) is 2.45. The molecule has 2 aromatic heterocycles. The number of anilines is 2. The van der Waals surface area contributed by atoms with Gasteiger partial charge in [-0.15, -0.1) is 0 Å².